The zero-order valence-electron chi connectivity index (χ0n) is 17.7. The number of fused-ring (bicyclic) bond motifs is 1. The number of pyridine rings is 1. The van der Waals surface area contributed by atoms with Crippen molar-refractivity contribution in [3.63, 3.8) is 0 Å². The maximum atomic E-state index is 13.5. The molecule has 6 heteroatoms. The number of nitrogens with zero attached hydrogens (tertiary/aromatic N) is 5. The molecule has 29 heavy (non-hydrogen) atoms. The van der Waals surface area contributed by atoms with Gasteiger partial charge in [-0.3, -0.25) is 9.48 Å². The molecule has 0 spiro atoms. The Morgan fingerprint density at radius 1 is 1.34 bits per heavy atom. The molecule has 1 amide bonds. The fraction of sp³-hybridized carbons (Fsp3) is 0.435. The predicted octanol–water partition coefficient (Wildman–Crippen LogP) is 3.59. The maximum absolute atomic E-state index is 13.5. The molecule has 1 aliphatic heterocycles. The van der Waals surface area contributed by atoms with Crippen molar-refractivity contribution in [3.05, 3.63) is 47.8 Å². The summed E-state index contributed by atoms with van der Waals surface area (Å²) in [5.41, 5.74) is 4.42. The van der Waals surface area contributed by atoms with Crippen molar-refractivity contribution < 1.29 is 4.79 Å². The summed E-state index contributed by atoms with van der Waals surface area (Å²) in [6, 6.07) is 8.23. The number of carbonyl (C=O) groups is 1. The minimum atomic E-state index is 0.0606. The number of amides is 1. The molecular formula is C23H29N5O. The molecule has 1 atom stereocenters. The fourth-order valence-electron chi connectivity index (χ4n) is 4.15. The Balaban J connectivity index is 1.79. The first-order chi connectivity index (χ1) is 14.0. The van der Waals surface area contributed by atoms with E-state index in [1.165, 1.54) is 0 Å². The number of carbonyl (C=O) groups excluding carboxylic acids is 1. The number of likely N-dealkylation sites (tertiary alicyclic amines) is 1. The van der Waals surface area contributed by atoms with E-state index in [0.29, 0.717) is 5.56 Å². The third kappa shape index (κ3) is 3.77. The molecule has 0 bridgehead atoms. The molecule has 152 valence electrons. The Bertz CT molecular complexity index is 1040. The van der Waals surface area contributed by atoms with E-state index in [1.54, 1.807) is 0 Å². The van der Waals surface area contributed by atoms with Gasteiger partial charge in [0, 0.05) is 43.3 Å². The average molecular weight is 392 g/mol. The molecule has 2 aromatic heterocycles. The Hall–Kier alpha value is -2.73. The van der Waals surface area contributed by atoms with Crippen molar-refractivity contribution in [1.29, 1.82) is 0 Å². The highest BCUT2D eigenvalue weighted by Crippen LogP contribution is 2.28. The van der Waals surface area contributed by atoms with E-state index in [0.717, 1.165) is 60.2 Å². The van der Waals surface area contributed by atoms with Crippen LogP contribution in [0.3, 0.4) is 0 Å². The summed E-state index contributed by atoms with van der Waals surface area (Å²) >= 11 is 0. The summed E-state index contributed by atoms with van der Waals surface area (Å²) < 4.78 is 1.93. The first kappa shape index (κ1) is 19.6. The number of likely N-dealkylation sites (N-methyl/N-ethyl adjacent to an activating group) is 2. The van der Waals surface area contributed by atoms with Gasteiger partial charge < -0.3 is 9.80 Å². The zero-order valence-corrected chi connectivity index (χ0v) is 17.7. The van der Waals surface area contributed by atoms with Crippen LogP contribution in [0.15, 0.2) is 36.7 Å². The van der Waals surface area contributed by atoms with Crippen LogP contribution in [-0.2, 0) is 6.54 Å². The van der Waals surface area contributed by atoms with Crippen molar-refractivity contribution in [2.45, 2.75) is 39.3 Å². The van der Waals surface area contributed by atoms with E-state index in [9.17, 15) is 4.79 Å². The van der Waals surface area contributed by atoms with Crippen LogP contribution in [0.4, 0.5) is 0 Å². The van der Waals surface area contributed by atoms with Gasteiger partial charge in [0.1, 0.15) is 0 Å². The van der Waals surface area contributed by atoms with Crippen LogP contribution in [0, 0.1) is 6.92 Å². The van der Waals surface area contributed by atoms with Gasteiger partial charge in [-0.2, -0.15) is 5.10 Å². The van der Waals surface area contributed by atoms with Crippen LogP contribution in [-0.4, -0.2) is 63.7 Å². The molecule has 4 rings (SSSR count). The van der Waals surface area contributed by atoms with Crippen LogP contribution < -0.4 is 0 Å². The van der Waals surface area contributed by atoms with Gasteiger partial charge in [0.15, 0.2) is 0 Å². The van der Waals surface area contributed by atoms with Crippen LogP contribution in [0.2, 0.25) is 0 Å². The molecule has 1 unspecified atom stereocenters. The van der Waals surface area contributed by atoms with E-state index in [-0.39, 0.29) is 11.9 Å². The zero-order chi connectivity index (χ0) is 20.5. The molecule has 0 N–H and O–H groups in total. The van der Waals surface area contributed by atoms with Crippen LogP contribution in [0.25, 0.3) is 22.2 Å². The standard InChI is InChI=1S/C23H29N5O/c1-5-10-28-14-17(13-24-28)21-12-20(19-8-6-7-16(2)22(19)25-21)23(29)27(4)18-9-11-26(3)15-18/h6-8,12-14,18H,5,9-11,15H2,1-4H3. The van der Waals surface area contributed by atoms with E-state index in [2.05, 4.69) is 24.0 Å². The minimum Gasteiger partial charge on any atom is -0.337 e. The molecule has 1 fully saturated rings. The molecule has 6 nitrogen and oxygen atoms in total. The van der Waals surface area contributed by atoms with E-state index >= 15 is 0 Å². The van der Waals surface area contributed by atoms with Crippen molar-refractivity contribution in [1.82, 2.24) is 24.6 Å². The van der Waals surface area contributed by atoms with Crippen molar-refractivity contribution in [2.24, 2.45) is 0 Å². The second-order valence-corrected chi connectivity index (χ2v) is 8.14. The first-order valence-corrected chi connectivity index (χ1v) is 10.4. The highest BCUT2D eigenvalue weighted by atomic mass is 16.2. The van der Waals surface area contributed by atoms with Gasteiger partial charge in [-0.05, 0) is 45.0 Å². The van der Waals surface area contributed by atoms with Crippen LogP contribution >= 0.6 is 0 Å². The van der Waals surface area contributed by atoms with Crippen molar-refractivity contribution in [3.8, 4) is 11.3 Å². The highest BCUT2D eigenvalue weighted by molar-refractivity contribution is 6.07. The average Bonchev–Trinajstić information content (AvgIpc) is 3.36. The largest absolute Gasteiger partial charge is 0.337 e. The van der Waals surface area contributed by atoms with Gasteiger partial charge in [-0.1, -0.05) is 25.1 Å². The third-order valence-electron chi connectivity index (χ3n) is 5.89. The van der Waals surface area contributed by atoms with E-state index in [4.69, 9.17) is 4.98 Å². The Kier molecular flexibility index (Phi) is 5.37. The van der Waals surface area contributed by atoms with Gasteiger partial charge in [0.2, 0.25) is 0 Å². The number of hydrogen-bond acceptors (Lipinski definition) is 4. The smallest absolute Gasteiger partial charge is 0.254 e. The van der Waals surface area contributed by atoms with Gasteiger partial charge >= 0.3 is 0 Å². The highest BCUT2D eigenvalue weighted by Gasteiger charge is 2.28. The predicted molar refractivity (Wildman–Crippen MR) is 116 cm³/mol. The third-order valence-corrected chi connectivity index (χ3v) is 5.89. The first-order valence-electron chi connectivity index (χ1n) is 10.4. The molecular weight excluding hydrogens is 362 g/mol. The van der Waals surface area contributed by atoms with Gasteiger partial charge in [0.05, 0.1) is 23.0 Å². The number of aryl methyl sites for hydroxylation is 2. The maximum Gasteiger partial charge on any atom is 0.254 e. The summed E-state index contributed by atoms with van der Waals surface area (Å²) in [5, 5.41) is 5.36. The quantitative estimate of drug-likeness (QED) is 0.667. The fourth-order valence-corrected chi connectivity index (χ4v) is 4.15. The number of aromatic nitrogens is 3. The number of hydrogen-bond donors (Lipinski definition) is 0. The number of benzene rings is 1. The summed E-state index contributed by atoms with van der Waals surface area (Å²) in [6.45, 7) is 6.99. The Morgan fingerprint density at radius 2 is 2.17 bits per heavy atom. The van der Waals surface area contributed by atoms with E-state index < -0.39 is 0 Å². The SMILES string of the molecule is CCCn1cc(-c2cc(C(=O)N(C)C3CCN(C)C3)c3cccc(C)c3n2)cn1. The summed E-state index contributed by atoms with van der Waals surface area (Å²) in [7, 11) is 4.03. The van der Waals surface area contributed by atoms with Gasteiger partial charge in [0.25, 0.3) is 5.91 Å². The number of para-hydroxylation sites is 1. The molecule has 0 radical (unpaired) electrons. The summed E-state index contributed by atoms with van der Waals surface area (Å²) in [6.07, 6.45) is 5.89. The van der Waals surface area contributed by atoms with Gasteiger partial charge in [-0.15, -0.1) is 0 Å². The monoisotopic (exact) mass is 391 g/mol. The topological polar surface area (TPSA) is 54.3 Å². The van der Waals surface area contributed by atoms with Gasteiger partial charge in [-0.25, -0.2) is 4.98 Å². The lowest BCUT2D eigenvalue weighted by Crippen LogP contribution is -2.38. The van der Waals surface area contributed by atoms with Crippen LogP contribution in [0.1, 0.15) is 35.7 Å². The Labute approximate surface area is 172 Å². The molecule has 0 saturated carbocycles. The lowest BCUT2D eigenvalue weighted by Gasteiger charge is -2.25. The minimum absolute atomic E-state index is 0.0606. The molecule has 1 aromatic carbocycles. The van der Waals surface area contributed by atoms with Crippen molar-refractivity contribution >= 4 is 16.8 Å². The van der Waals surface area contributed by atoms with Crippen molar-refractivity contribution in [2.75, 3.05) is 27.2 Å². The molecule has 1 saturated heterocycles. The lowest BCUT2D eigenvalue weighted by molar-refractivity contribution is 0.0739. The second-order valence-electron chi connectivity index (χ2n) is 8.14. The molecule has 0 aliphatic carbocycles. The van der Waals surface area contributed by atoms with Crippen LogP contribution in [0.5, 0.6) is 0 Å². The number of rotatable bonds is 5. The Morgan fingerprint density at radius 3 is 2.90 bits per heavy atom. The van der Waals surface area contributed by atoms with E-state index in [1.807, 2.05) is 60.2 Å². The lowest BCUT2D eigenvalue weighted by atomic mass is 10.0. The second kappa shape index (κ2) is 7.95. The molecule has 3 aromatic rings. The molecule has 3 heterocycles. The summed E-state index contributed by atoms with van der Waals surface area (Å²) in [5.74, 6) is 0.0606. The molecule has 1 aliphatic rings. The normalized spacial score (nSPS) is 17.2. The summed E-state index contributed by atoms with van der Waals surface area (Å²) in [4.78, 5) is 22.6.